The van der Waals surface area contributed by atoms with E-state index in [1.54, 1.807) is 21.3 Å². The third-order valence-electron chi connectivity index (χ3n) is 3.75. The first kappa shape index (κ1) is 14.3. The van der Waals surface area contributed by atoms with Gasteiger partial charge in [0.15, 0.2) is 11.5 Å². The highest BCUT2D eigenvalue weighted by atomic mass is 16.5. The van der Waals surface area contributed by atoms with E-state index in [4.69, 9.17) is 14.2 Å². The maximum Gasteiger partial charge on any atom is 0.203 e. The first-order valence-corrected chi connectivity index (χ1v) is 7.10. The van der Waals surface area contributed by atoms with Gasteiger partial charge in [-0.3, -0.25) is 0 Å². The summed E-state index contributed by atoms with van der Waals surface area (Å²) < 4.78 is 16.2. The number of hydrogen-bond acceptors (Lipinski definition) is 3. The molecule has 1 aromatic heterocycles. The van der Waals surface area contributed by atoms with Crippen LogP contribution in [0.25, 0.3) is 10.9 Å². The Hall–Kier alpha value is -2.62. The maximum absolute atomic E-state index is 5.40. The highest BCUT2D eigenvalue weighted by molar-refractivity contribution is 5.80. The standard InChI is InChI=1S/C18H19NO3/c1-20-16-10-13(11-17(21-2)18(16)22-3)8-12-4-5-14-6-7-19-15(14)9-12/h4-7,9-11,19H,8H2,1-3H3. The van der Waals surface area contributed by atoms with Gasteiger partial charge in [0.05, 0.1) is 21.3 Å². The van der Waals surface area contributed by atoms with E-state index >= 15 is 0 Å². The number of ether oxygens (including phenoxy) is 3. The Kier molecular flexibility index (Phi) is 3.92. The van der Waals surface area contributed by atoms with Crippen LogP contribution in [0.2, 0.25) is 0 Å². The minimum atomic E-state index is 0.619. The Bertz CT molecular complexity index is 767. The van der Waals surface area contributed by atoms with Gasteiger partial charge in [-0.05, 0) is 47.2 Å². The van der Waals surface area contributed by atoms with E-state index in [0.717, 1.165) is 17.5 Å². The van der Waals surface area contributed by atoms with Crippen molar-refractivity contribution in [3.63, 3.8) is 0 Å². The van der Waals surface area contributed by atoms with Crippen molar-refractivity contribution in [1.29, 1.82) is 0 Å². The largest absolute Gasteiger partial charge is 0.493 e. The van der Waals surface area contributed by atoms with Crippen LogP contribution in [-0.4, -0.2) is 26.3 Å². The molecule has 0 aliphatic carbocycles. The molecule has 4 nitrogen and oxygen atoms in total. The molecule has 0 radical (unpaired) electrons. The molecular formula is C18H19NO3. The Morgan fingerprint density at radius 2 is 1.55 bits per heavy atom. The second-order valence-electron chi connectivity index (χ2n) is 5.11. The highest BCUT2D eigenvalue weighted by Gasteiger charge is 2.13. The molecule has 3 rings (SSSR count). The van der Waals surface area contributed by atoms with Gasteiger partial charge in [-0.25, -0.2) is 0 Å². The van der Waals surface area contributed by atoms with Gasteiger partial charge >= 0.3 is 0 Å². The van der Waals surface area contributed by atoms with Crippen LogP contribution in [0.15, 0.2) is 42.6 Å². The number of H-pyrrole nitrogens is 1. The minimum Gasteiger partial charge on any atom is -0.493 e. The van der Waals surface area contributed by atoms with E-state index in [9.17, 15) is 0 Å². The molecule has 0 aliphatic heterocycles. The van der Waals surface area contributed by atoms with E-state index in [0.29, 0.717) is 17.2 Å². The minimum absolute atomic E-state index is 0.619. The zero-order valence-electron chi connectivity index (χ0n) is 13.0. The fourth-order valence-corrected chi connectivity index (χ4v) is 2.68. The van der Waals surface area contributed by atoms with E-state index in [1.165, 1.54) is 10.9 Å². The monoisotopic (exact) mass is 297 g/mol. The van der Waals surface area contributed by atoms with Crippen molar-refractivity contribution in [2.45, 2.75) is 6.42 Å². The van der Waals surface area contributed by atoms with Crippen LogP contribution in [0, 0.1) is 0 Å². The smallest absolute Gasteiger partial charge is 0.203 e. The zero-order chi connectivity index (χ0) is 15.5. The quantitative estimate of drug-likeness (QED) is 0.779. The van der Waals surface area contributed by atoms with Crippen molar-refractivity contribution in [2.75, 3.05) is 21.3 Å². The first-order chi connectivity index (χ1) is 10.7. The maximum atomic E-state index is 5.40. The number of aromatic amines is 1. The summed E-state index contributed by atoms with van der Waals surface area (Å²) in [5.41, 5.74) is 3.48. The molecule has 0 amide bonds. The van der Waals surface area contributed by atoms with Crippen molar-refractivity contribution >= 4 is 10.9 Å². The third kappa shape index (κ3) is 2.60. The van der Waals surface area contributed by atoms with Crippen LogP contribution in [0.4, 0.5) is 0 Å². The molecule has 22 heavy (non-hydrogen) atoms. The number of aromatic nitrogens is 1. The predicted octanol–water partition coefficient (Wildman–Crippen LogP) is 3.78. The van der Waals surface area contributed by atoms with Crippen molar-refractivity contribution in [2.24, 2.45) is 0 Å². The fourth-order valence-electron chi connectivity index (χ4n) is 2.68. The molecule has 2 aromatic carbocycles. The van der Waals surface area contributed by atoms with Crippen LogP contribution < -0.4 is 14.2 Å². The number of nitrogens with one attached hydrogen (secondary N) is 1. The summed E-state index contributed by atoms with van der Waals surface area (Å²) in [7, 11) is 4.87. The normalized spacial score (nSPS) is 10.7. The average molecular weight is 297 g/mol. The number of rotatable bonds is 5. The molecule has 0 spiro atoms. The van der Waals surface area contributed by atoms with Gasteiger partial charge in [-0.15, -0.1) is 0 Å². The van der Waals surface area contributed by atoms with Crippen molar-refractivity contribution in [3.05, 3.63) is 53.7 Å². The molecule has 0 fully saturated rings. The molecule has 3 aromatic rings. The number of hydrogen-bond donors (Lipinski definition) is 1. The Morgan fingerprint density at radius 1 is 0.818 bits per heavy atom. The average Bonchev–Trinajstić information content (AvgIpc) is 3.01. The molecule has 1 N–H and O–H groups in total. The molecule has 0 atom stereocenters. The lowest BCUT2D eigenvalue weighted by atomic mass is 10.0. The second kappa shape index (κ2) is 6.02. The van der Waals surface area contributed by atoms with Gasteiger partial charge in [0, 0.05) is 11.7 Å². The summed E-state index contributed by atoms with van der Waals surface area (Å²) in [4.78, 5) is 3.24. The van der Waals surface area contributed by atoms with E-state index < -0.39 is 0 Å². The SMILES string of the molecule is COc1cc(Cc2ccc3cc[nH]c3c2)cc(OC)c1OC. The number of benzene rings is 2. The summed E-state index contributed by atoms with van der Waals surface area (Å²) in [6.07, 6.45) is 2.75. The fraction of sp³-hybridized carbons (Fsp3) is 0.222. The predicted molar refractivity (Wildman–Crippen MR) is 87.2 cm³/mol. The van der Waals surface area contributed by atoms with Gasteiger partial charge < -0.3 is 19.2 Å². The van der Waals surface area contributed by atoms with Gasteiger partial charge in [-0.1, -0.05) is 12.1 Å². The molecule has 0 saturated carbocycles. The summed E-state index contributed by atoms with van der Waals surface area (Å²) in [5, 5.41) is 1.22. The molecule has 0 bridgehead atoms. The van der Waals surface area contributed by atoms with Crippen LogP contribution in [0.5, 0.6) is 17.2 Å². The van der Waals surface area contributed by atoms with Gasteiger partial charge in [0.2, 0.25) is 5.75 Å². The zero-order valence-corrected chi connectivity index (χ0v) is 13.0. The lowest BCUT2D eigenvalue weighted by Crippen LogP contribution is -1.97. The number of fused-ring (bicyclic) bond motifs is 1. The van der Waals surface area contributed by atoms with E-state index in [2.05, 4.69) is 29.2 Å². The van der Waals surface area contributed by atoms with Gasteiger partial charge in [-0.2, -0.15) is 0 Å². The second-order valence-corrected chi connectivity index (χ2v) is 5.11. The van der Waals surface area contributed by atoms with Crippen molar-refractivity contribution < 1.29 is 14.2 Å². The molecular weight excluding hydrogens is 278 g/mol. The van der Waals surface area contributed by atoms with Crippen molar-refractivity contribution in [1.82, 2.24) is 4.98 Å². The molecule has 1 heterocycles. The van der Waals surface area contributed by atoms with Gasteiger partial charge in [0.25, 0.3) is 0 Å². The lowest BCUT2D eigenvalue weighted by molar-refractivity contribution is 0.324. The Labute approximate surface area is 129 Å². The lowest BCUT2D eigenvalue weighted by Gasteiger charge is -2.14. The van der Waals surface area contributed by atoms with E-state index in [1.807, 2.05) is 18.3 Å². The first-order valence-electron chi connectivity index (χ1n) is 7.10. The number of methoxy groups -OCH3 is 3. The molecule has 0 saturated heterocycles. The summed E-state index contributed by atoms with van der Waals surface area (Å²) in [6, 6.07) is 12.5. The Morgan fingerprint density at radius 3 is 2.18 bits per heavy atom. The van der Waals surface area contributed by atoms with Crippen LogP contribution in [0.1, 0.15) is 11.1 Å². The highest BCUT2D eigenvalue weighted by Crippen LogP contribution is 2.38. The summed E-state index contributed by atoms with van der Waals surface area (Å²) in [6.45, 7) is 0. The van der Waals surface area contributed by atoms with Crippen molar-refractivity contribution in [3.8, 4) is 17.2 Å². The topological polar surface area (TPSA) is 43.5 Å². The van der Waals surface area contributed by atoms with Crippen LogP contribution >= 0.6 is 0 Å². The molecule has 4 heteroatoms. The summed E-state index contributed by atoms with van der Waals surface area (Å²) >= 11 is 0. The Balaban J connectivity index is 1.97. The van der Waals surface area contributed by atoms with Gasteiger partial charge in [0.1, 0.15) is 0 Å². The molecule has 0 unspecified atom stereocenters. The van der Waals surface area contributed by atoms with Crippen LogP contribution in [-0.2, 0) is 6.42 Å². The third-order valence-corrected chi connectivity index (χ3v) is 3.75. The van der Waals surface area contributed by atoms with Crippen LogP contribution in [0.3, 0.4) is 0 Å². The molecule has 114 valence electrons. The summed E-state index contributed by atoms with van der Waals surface area (Å²) in [5.74, 6) is 1.98. The molecule has 0 aliphatic rings. The van der Waals surface area contributed by atoms with E-state index in [-0.39, 0.29) is 0 Å².